The Labute approximate surface area is 98.0 Å². The van der Waals surface area contributed by atoms with Crippen LogP contribution in [0.3, 0.4) is 0 Å². The van der Waals surface area contributed by atoms with E-state index >= 15 is 0 Å². The van der Waals surface area contributed by atoms with E-state index in [0.717, 1.165) is 19.4 Å². The highest BCUT2D eigenvalue weighted by Gasteiger charge is 2.35. The Hall–Kier alpha value is -0.860. The van der Waals surface area contributed by atoms with Gasteiger partial charge in [0.2, 0.25) is 0 Å². The maximum atomic E-state index is 6.02. The standard InChI is InChI=1S/C14H21NO/c1-11-6-4-5-7-13(11)14(2)10-12(15-3)8-9-16-14/h4-7,12,15H,8-10H2,1-3H3. The summed E-state index contributed by atoms with van der Waals surface area (Å²) in [5.41, 5.74) is 2.52. The van der Waals surface area contributed by atoms with Crippen LogP contribution in [-0.2, 0) is 10.3 Å². The fourth-order valence-electron chi connectivity index (χ4n) is 2.66. The van der Waals surface area contributed by atoms with Gasteiger partial charge in [0, 0.05) is 12.6 Å². The molecule has 1 aliphatic rings. The van der Waals surface area contributed by atoms with Crippen LogP contribution in [0.1, 0.15) is 30.9 Å². The summed E-state index contributed by atoms with van der Waals surface area (Å²) in [6.07, 6.45) is 2.16. The summed E-state index contributed by atoms with van der Waals surface area (Å²) >= 11 is 0. The van der Waals surface area contributed by atoms with Crippen LogP contribution in [-0.4, -0.2) is 19.7 Å². The van der Waals surface area contributed by atoms with Crippen molar-refractivity contribution in [2.45, 2.75) is 38.3 Å². The third kappa shape index (κ3) is 2.13. The molecule has 1 heterocycles. The third-order valence-electron chi connectivity index (χ3n) is 3.65. The molecule has 2 nitrogen and oxygen atoms in total. The van der Waals surface area contributed by atoms with Gasteiger partial charge in [0.15, 0.2) is 0 Å². The van der Waals surface area contributed by atoms with Crippen LogP contribution >= 0.6 is 0 Å². The van der Waals surface area contributed by atoms with E-state index in [9.17, 15) is 0 Å². The number of ether oxygens (including phenoxy) is 1. The van der Waals surface area contributed by atoms with Crippen LogP contribution in [0.5, 0.6) is 0 Å². The van der Waals surface area contributed by atoms with Crippen molar-refractivity contribution in [2.75, 3.05) is 13.7 Å². The van der Waals surface area contributed by atoms with Crippen molar-refractivity contribution in [2.24, 2.45) is 0 Å². The van der Waals surface area contributed by atoms with Crippen LogP contribution in [0.15, 0.2) is 24.3 Å². The molecule has 0 radical (unpaired) electrons. The lowest BCUT2D eigenvalue weighted by Crippen LogP contribution is -2.42. The highest BCUT2D eigenvalue weighted by atomic mass is 16.5. The fraction of sp³-hybridized carbons (Fsp3) is 0.571. The van der Waals surface area contributed by atoms with Crippen LogP contribution in [0.4, 0.5) is 0 Å². The normalized spacial score (nSPS) is 30.3. The van der Waals surface area contributed by atoms with E-state index in [1.807, 2.05) is 7.05 Å². The molecule has 0 spiro atoms. The fourth-order valence-corrected chi connectivity index (χ4v) is 2.66. The Bertz CT molecular complexity index is 364. The Morgan fingerprint density at radius 3 is 2.81 bits per heavy atom. The number of benzene rings is 1. The van der Waals surface area contributed by atoms with Gasteiger partial charge >= 0.3 is 0 Å². The smallest absolute Gasteiger partial charge is 0.0920 e. The SMILES string of the molecule is CNC1CCOC(C)(c2ccccc2C)C1. The molecule has 0 bridgehead atoms. The van der Waals surface area contributed by atoms with Gasteiger partial charge in [-0.25, -0.2) is 0 Å². The zero-order valence-electron chi connectivity index (χ0n) is 10.4. The summed E-state index contributed by atoms with van der Waals surface area (Å²) in [7, 11) is 2.04. The molecule has 0 aromatic heterocycles. The summed E-state index contributed by atoms with van der Waals surface area (Å²) < 4.78 is 6.02. The van der Waals surface area contributed by atoms with Crippen molar-refractivity contribution < 1.29 is 4.74 Å². The number of rotatable bonds is 2. The number of nitrogens with one attached hydrogen (secondary N) is 1. The number of aryl methyl sites for hydroxylation is 1. The van der Waals surface area contributed by atoms with Crippen molar-refractivity contribution in [1.29, 1.82) is 0 Å². The second kappa shape index (κ2) is 4.56. The quantitative estimate of drug-likeness (QED) is 0.825. The summed E-state index contributed by atoms with van der Waals surface area (Å²) in [5, 5.41) is 3.37. The maximum absolute atomic E-state index is 6.02. The van der Waals surface area contributed by atoms with Gasteiger partial charge in [-0.05, 0) is 44.9 Å². The molecule has 2 heteroatoms. The van der Waals surface area contributed by atoms with Gasteiger partial charge < -0.3 is 10.1 Å². The molecule has 88 valence electrons. The lowest BCUT2D eigenvalue weighted by atomic mass is 9.83. The minimum atomic E-state index is -0.128. The average molecular weight is 219 g/mol. The van der Waals surface area contributed by atoms with Crippen molar-refractivity contribution >= 4 is 0 Å². The van der Waals surface area contributed by atoms with Gasteiger partial charge in [-0.2, -0.15) is 0 Å². The van der Waals surface area contributed by atoms with Gasteiger partial charge in [0.1, 0.15) is 0 Å². The first-order valence-electron chi connectivity index (χ1n) is 6.03. The molecule has 0 amide bonds. The van der Waals surface area contributed by atoms with Crippen LogP contribution < -0.4 is 5.32 Å². The third-order valence-corrected chi connectivity index (χ3v) is 3.65. The monoisotopic (exact) mass is 219 g/mol. The summed E-state index contributed by atoms with van der Waals surface area (Å²) in [6.45, 7) is 5.21. The average Bonchev–Trinajstić information content (AvgIpc) is 2.29. The van der Waals surface area contributed by atoms with Gasteiger partial charge in [-0.3, -0.25) is 0 Å². The van der Waals surface area contributed by atoms with E-state index in [-0.39, 0.29) is 5.60 Å². The lowest BCUT2D eigenvalue weighted by molar-refractivity contribution is -0.0807. The van der Waals surface area contributed by atoms with Crippen molar-refractivity contribution in [3.8, 4) is 0 Å². The van der Waals surface area contributed by atoms with E-state index in [0.29, 0.717) is 6.04 Å². The topological polar surface area (TPSA) is 21.3 Å². The molecule has 1 saturated heterocycles. The van der Waals surface area contributed by atoms with Crippen molar-refractivity contribution in [3.63, 3.8) is 0 Å². The van der Waals surface area contributed by atoms with Gasteiger partial charge in [-0.1, -0.05) is 24.3 Å². The molecule has 1 fully saturated rings. The predicted molar refractivity (Wildman–Crippen MR) is 66.6 cm³/mol. The molecule has 16 heavy (non-hydrogen) atoms. The highest BCUT2D eigenvalue weighted by Crippen LogP contribution is 2.36. The first-order chi connectivity index (χ1) is 7.65. The second-order valence-corrected chi connectivity index (χ2v) is 4.87. The Balaban J connectivity index is 2.27. The number of hydrogen-bond acceptors (Lipinski definition) is 2. The molecule has 1 aliphatic heterocycles. The summed E-state index contributed by atoms with van der Waals surface area (Å²) in [5.74, 6) is 0. The Morgan fingerprint density at radius 2 is 2.12 bits per heavy atom. The largest absolute Gasteiger partial charge is 0.370 e. The zero-order valence-corrected chi connectivity index (χ0v) is 10.4. The molecule has 0 saturated carbocycles. The van der Waals surface area contributed by atoms with Gasteiger partial charge in [0.05, 0.1) is 5.60 Å². The van der Waals surface area contributed by atoms with Gasteiger partial charge in [0.25, 0.3) is 0 Å². The lowest BCUT2D eigenvalue weighted by Gasteiger charge is -2.39. The minimum absolute atomic E-state index is 0.128. The van der Waals surface area contributed by atoms with Crippen LogP contribution in [0.2, 0.25) is 0 Å². The molecule has 2 unspecified atom stereocenters. The summed E-state index contributed by atoms with van der Waals surface area (Å²) in [4.78, 5) is 0. The van der Waals surface area contributed by atoms with Crippen molar-refractivity contribution in [3.05, 3.63) is 35.4 Å². The van der Waals surface area contributed by atoms with Crippen LogP contribution in [0.25, 0.3) is 0 Å². The first kappa shape index (κ1) is 11.6. The molecular weight excluding hydrogens is 198 g/mol. The van der Waals surface area contributed by atoms with E-state index in [4.69, 9.17) is 4.74 Å². The first-order valence-corrected chi connectivity index (χ1v) is 6.03. The summed E-state index contributed by atoms with van der Waals surface area (Å²) in [6, 6.07) is 9.10. The molecule has 1 aromatic rings. The van der Waals surface area contributed by atoms with E-state index < -0.39 is 0 Å². The van der Waals surface area contributed by atoms with Gasteiger partial charge in [-0.15, -0.1) is 0 Å². The molecule has 0 aliphatic carbocycles. The molecule has 1 N–H and O–H groups in total. The van der Waals surface area contributed by atoms with E-state index in [1.165, 1.54) is 11.1 Å². The maximum Gasteiger partial charge on any atom is 0.0920 e. The second-order valence-electron chi connectivity index (χ2n) is 4.87. The molecule has 2 rings (SSSR count). The van der Waals surface area contributed by atoms with Crippen LogP contribution in [0, 0.1) is 6.92 Å². The highest BCUT2D eigenvalue weighted by molar-refractivity contribution is 5.31. The predicted octanol–water partition coefficient (Wildman–Crippen LogP) is 2.61. The Kier molecular flexibility index (Phi) is 3.31. The van der Waals surface area contributed by atoms with Crippen molar-refractivity contribution in [1.82, 2.24) is 5.32 Å². The minimum Gasteiger partial charge on any atom is -0.370 e. The Morgan fingerprint density at radius 1 is 1.38 bits per heavy atom. The zero-order chi connectivity index (χ0) is 11.6. The van der Waals surface area contributed by atoms with E-state index in [2.05, 4.69) is 43.4 Å². The number of hydrogen-bond donors (Lipinski definition) is 1. The molecule has 2 atom stereocenters. The molecular formula is C14H21NO. The molecule has 1 aromatic carbocycles. The van der Waals surface area contributed by atoms with E-state index in [1.54, 1.807) is 0 Å².